The number of nitrogens with one attached hydrogen (secondary N) is 1. The number of hydrogen-bond donors (Lipinski definition) is 1. The average Bonchev–Trinajstić information content (AvgIpc) is 2.73. The molecule has 1 N–H and O–H groups in total. The molecule has 0 saturated carbocycles. The zero-order chi connectivity index (χ0) is 20.8. The molecule has 1 heterocycles. The molecule has 148 valence electrons. The van der Waals surface area contributed by atoms with E-state index in [4.69, 9.17) is 21.1 Å². The van der Waals surface area contributed by atoms with Crippen molar-refractivity contribution in [2.24, 2.45) is 0 Å². The second-order valence-electron chi connectivity index (χ2n) is 5.95. The lowest BCUT2D eigenvalue weighted by Crippen LogP contribution is -2.36. The molecule has 3 aromatic rings. The first kappa shape index (κ1) is 20.2. The normalized spacial score (nSPS) is 11.4. The highest BCUT2D eigenvalue weighted by Gasteiger charge is 2.29. The number of halogens is 1. The van der Waals surface area contributed by atoms with Crippen LogP contribution in [0.4, 0.5) is 5.69 Å². The van der Waals surface area contributed by atoms with Crippen LogP contribution in [0.25, 0.3) is 0 Å². The maximum Gasteiger partial charge on any atom is 0.406 e. The van der Waals surface area contributed by atoms with Crippen molar-refractivity contribution >= 4 is 29.2 Å². The number of ether oxygens (including phenoxy) is 2. The largest absolute Gasteiger partial charge is 0.618 e. The van der Waals surface area contributed by atoms with E-state index in [0.29, 0.717) is 26.8 Å². The van der Waals surface area contributed by atoms with Crippen LogP contribution in [0.3, 0.4) is 0 Å². The molecule has 1 aromatic heterocycles. The van der Waals surface area contributed by atoms with Crippen LogP contribution in [-0.2, 0) is 9.53 Å². The van der Waals surface area contributed by atoms with Crippen LogP contribution in [0, 0.1) is 5.21 Å². The fourth-order valence-corrected chi connectivity index (χ4v) is 2.86. The summed E-state index contributed by atoms with van der Waals surface area (Å²) in [6, 6.07) is 17.6. The average molecular weight is 413 g/mol. The van der Waals surface area contributed by atoms with E-state index in [0.717, 1.165) is 0 Å². The number of pyridine rings is 1. The molecule has 0 bridgehead atoms. The van der Waals surface area contributed by atoms with Crippen LogP contribution in [0.5, 0.6) is 5.75 Å². The van der Waals surface area contributed by atoms with E-state index in [9.17, 15) is 14.8 Å². The Hall–Kier alpha value is -3.58. The minimum Gasteiger partial charge on any atom is -0.618 e. The van der Waals surface area contributed by atoms with Gasteiger partial charge in [0.15, 0.2) is 6.20 Å². The summed E-state index contributed by atoms with van der Waals surface area (Å²) in [5.74, 6) is -1.06. The van der Waals surface area contributed by atoms with Gasteiger partial charge in [0, 0.05) is 23.4 Å². The van der Waals surface area contributed by atoms with E-state index >= 15 is 0 Å². The molecule has 1 amide bonds. The van der Waals surface area contributed by atoms with Gasteiger partial charge < -0.3 is 20.0 Å². The lowest BCUT2D eigenvalue weighted by Gasteiger charge is -2.18. The highest BCUT2D eigenvalue weighted by molar-refractivity contribution is 6.32. The number of esters is 1. The first-order valence-corrected chi connectivity index (χ1v) is 8.96. The van der Waals surface area contributed by atoms with Gasteiger partial charge in [0.2, 0.25) is 6.10 Å². The summed E-state index contributed by atoms with van der Waals surface area (Å²) in [6.07, 6.45) is -0.0992. The summed E-state index contributed by atoms with van der Waals surface area (Å²) < 4.78 is 10.9. The Morgan fingerprint density at radius 2 is 1.79 bits per heavy atom. The van der Waals surface area contributed by atoms with Crippen LogP contribution in [0.15, 0.2) is 72.9 Å². The maximum absolute atomic E-state index is 12.9. The quantitative estimate of drug-likeness (QED) is 0.380. The number of benzene rings is 2. The van der Waals surface area contributed by atoms with Gasteiger partial charge in [-0.05, 0) is 24.3 Å². The molecule has 0 fully saturated rings. The van der Waals surface area contributed by atoms with Crippen LogP contribution >= 0.6 is 11.6 Å². The van der Waals surface area contributed by atoms with E-state index in [2.05, 4.69) is 5.32 Å². The van der Waals surface area contributed by atoms with Crippen molar-refractivity contribution in [3.05, 3.63) is 94.4 Å². The molecule has 29 heavy (non-hydrogen) atoms. The number of carbonyl (C=O) groups is 2. The van der Waals surface area contributed by atoms with Crippen molar-refractivity contribution in [3.63, 3.8) is 0 Å². The number of nitrogens with zero attached hydrogens (tertiary/aromatic N) is 1. The van der Waals surface area contributed by atoms with Crippen LogP contribution in [0.1, 0.15) is 22.2 Å². The maximum atomic E-state index is 12.9. The molecule has 0 aliphatic carbocycles. The third-order valence-electron chi connectivity index (χ3n) is 4.02. The van der Waals surface area contributed by atoms with Gasteiger partial charge in [0.05, 0.1) is 12.1 Å². The second kappa shape index (κ2) is 9.07. The SMILES string of the molecule is COc1ccc(NC(=O)[C@@H](OC(=O)c2cccc[n+]2[O-])c2ccccc2)cc1Cl. The summed E-state index contributed by atoms with van der Waals surface area (Å²) in [5.41, 5.74) is 0.622. The number of hydrogen-bond acceptors (Lipinski definition) is 5. The Morgan fingerprint density at radius 1 is 1.07 bits per heavy atom. The predicted molar refractivity (Wildman–Crippen MR) is 107 cm³/mol. The lowest BCUT2D eigenvalue weighted by molar-refractivity contribution is -0.608. The fraction of sp³-hybridized carbons (Fsp3) is 0.0952. The van der Waals surface area contributed by atoms with Crippen molar-refractivity contribution in [1.29, 1.82) is 0 Å². The molecular formula is C21H17ClN2O5. The van der Waals surface area contributed by atoms with Gasteiger partial charge in [-0.15, -0.1) is 0 Å². The minimum absolute atomic E-state index is 0.228. The van der Waals surface area contributed by atoms with E-state index in [-0.39, 0.29) is 5.69 Å². The molecule has 0 unspecified atom stereocenters. The number of amides is 1. The molecule has 1 atom stereocenters. The Morgan fingerprint density at radius 3 is 2.45 bits per heavy atom. The van der Waals surface area contributed by atoms with E-state index in [1.807, 2.05) is 0 Å². The van der Waals surface area contributed by atoms with Crippen molar-refractivity contribution in [2.75, 3.05) is 12.4 Å². The van der Waals surface area contributed by atoms with Crippen LogP contribution in [0.2, 0.25) is 5.02 Å². The summed E-state index contributed by atoms with van der Waals surface area (Å²) in [4.78, 5) is 25.4. The Kier molecular flexibility index (Phi) is 6.31. The Balaban J connectivity index is 1.86. The number of carbonyl (C=O) groups excluding carboxylic acids is 2. The molecule has 0 radical (unpaired) electrons. The third kappa shape index (κ3) is 4.83. The van der Waals surface area contributed by atoms with Crippen LogP contribution in [-0.4, -0.2) is 19.0 Å². The number of rotatable bonds is 6. The van der Waals surface area contributed by atoms with Crippen molar-refractivity contribution < 1.29 is 23.8 Å². The molecular weight excluding hydrogens is 396 g/mol. The van der Waals surface area contributed by atoms with Gasteiger partial charge in [-0.3, -0.25) is 4.79 Å². The van der Waals surface area contributed by atoms with E-state index in [1.54, 1.807) is 42.5 Å². The smallest absolute Gasteiger partial charge is 0.406 e. The van der Waals surface area contributed by atoms with Gasteiger partial charge in [-0.25, -0.2) is 4.79 Å². The minimum atomic E-state index is -1.27. The van der Waals surface area contributed by atoms with Gasteiger partial charge in [-0.1, -0.05) is 41.9 Å². The summed E-state index contributed by atoms with van der Waals surface area (Å²) in [7, 11) is 1.48. The third-order valence-corrected chi connectivity index (χ3v) is 4.31. The van der Waals surface area contributed by atoms with Gasteiger partial charge in [-0.2, -0.15) is 4.73 Å². The summed E-state index contributed by atoms with van der Waals surface area (Å²) in [5, 5.41) is 14.8. The van der Waals surface area contributed by atoms with Crippen molar-refractivity contribution in [3.8, 4) is 5.75 Å². The molecule has 7 nitrogen and oxygen atoms in total. The molecule has 0 spiro atoms. The molecule has 0 aliphatic heterocycles. The molecule has 8 heteroatoms. The monoisotopic (exact) mass is 412 g/mol. The zero-order valence-corrected chi connectivity index (χ0v) is 16.1. The fourth-order valence-electron chi connectivity index (χ4n) is 2.61. The van der Waals surface area contributed by atoms with E-state index < -0.39 is 18.0 Å². The number of aromatic nitrogens is 1. The molecule has 2 aromatic carbocycles. The highest BCUT2D eigenvalue weighted by atomic mass is 35.5. The number of anilines is 1. The molecule has 3 rings (SSSR count). The predicted octanol–water partition coefficient (Wildman–Crippen LogP) is 3.52. The Labute approximate surface area is 172 Å². The lowest BCUT2D eigenvalue weighted by atomic mass is 10.1. The standard InChI is InChI=1S/C21H17ClN2O5/c1-28-18-11-10-15(13-16(18)22)23-20(25)19(14-7-3-2-4-8-14)29-21(26)17-9-5-6-12-24(17)27/h2-13,19H,1H3,(H,23,25)/t19-/m0/s1. The van der Waals surface area contributed by atoms with Gasteiger partial charge in [0.25, 0.3) is 5.91 Å². The van der Waals surface area contributed by atoms with Crippen LogP contribution < -0.4 is 14.8 Å². The first-order valence-electron chi connectivity index (χ1n) is 8.58. The van der Waals surface area contributed by atoms with Gasteiger partial charge in [0.1, 0.15) is 5.75 Å². The van der Waals surface area contributed by atoms with Gasteiger partial charge >= 0.3 is 11.7 Å². The van der Waals surface area contributed by atoms with Crippen molar-refractivity contribution in [1.82, 2.24) is 0 Å². The summed E-state index contributed by atoms with van der Waals surface area (Å²) in [6.45, 7) is 0. The molecule has 0 saturated heterocycles. The number of methoxy groups -OCH3 is 1. The molecule has 0 aliphatic rings. The zero-order valence-electron chi connectivity index (χ0n) is 15.4. The second-order valence-corrected chi connectivity index (χ2v) is 6.35. The Bertz CT molecular complexity index is 1030. The van der Waals surface area contributed by atoms with E-state index in [1.165, 1.54) is 37.6 Å². The topological polar surface area (TPSA) is 91.6 Å². The van der Waals surface area contributed by atoms with Crippen molar-refractivity contribution in [2.45, 2.75) is 6.10 Å². The first-order chi connectivity index (χ1) is 14.0. The summed E-state index contributed by atoms with van der Waals surface area (Å²) >= 11 is 6.09. The highest BCUT2D eigenvalue weighted by Crippen LogP contribution is 2.28.